The lowest BCUT2D eigenvalue weighted by Crippen LogP contribution is -2.36. The van der Waals surface area contributed by atoms with Crippen LogP contribution in [0.5, 0.6) is 0 Å². The number of hydrogen-bond acceptors (Lipinski definition) is 7. The van der Waals surface area contributed by atoms with Crippen LogP contribution < -0.4 is 0 Å². The van der Waals surface area contributed by atoms with Crippen LogP contribution >= 0.6 is 11.8 Å². The molecule has 0 amide bonds. The van der Waals surface area contributed by atoms with Gasteiger partial charge in [0.25, 0.3) is 0 Å². The number of carbonyl (C=O) groups excluding carboxylic acids is 2. The molecular weight excluding hydrogens is 352 g/mol. The summed E-state index contributed by atoms with van der Waals surface area (Å²) in [5, 5.41) is 0.652. The van der Waals surface area contributed by atoms with Crippen molar-refractivity contribution >= 4 is 28.9 Å². The van der Waals surface area contributed by atoms with Gasteiger partial charge in [-0.25, -0.2) is 14.6 Å². The highest BCUT2D eigenvalue weighted by Gasteiger charge is 2.43. The van der Waals surface area contributed by atoms with Crippen molar-refractivity contribution in [2.24, 2.45) is 4.99 Å². The van der Waals surface area contributed by atoms with Crippen LogP contribution in [-0.4, -0.2) is 36.2 Å². The summed E-state index contributed by atoms with van der Waals surface area (Å²) in [6.07, 6.45) is 0. The van der Waals surface area contributed by atoms with Gasteiger partial charge in [-0.1, -0.05) is 29.8 Å². The normalized spacial score (nSPS) is 19.3. The fourth-order valence-corrected chi connectivity index (χ4v) is 4.21. The number of carbonyl (C=O) groups is 2. The average molecular weight is 372 g/mol. The Morgan fingerprint density at radius 3 is 2.23 bits per heavy atom. The Labute approximate surface area is 156 Å². The number of hydrogen-bond donors (Lipinski definition) is 0. The molecule has 0 bridgehead atoms. The van der Waals surface area contributed by atoms with E-state index in [2.05, 4.69) is 4.99 Å². The number of aliphatic imine (C=N–C) groups is 1. The predicted molar refractivity (Wildman–Crippen MR) is 100 cm³/mol. The van der Waals surface area contributed by atoms with E-state index < -0.39 is 18.0 Å². The van der Waals surface area contributed by atoms with Crippen molar-refractivity contribution in [1.29, 1.82) is 0 Å². The van der Waals surface area contributed by atoms with Gasteiger partial charge >= 0.3 is 11.9 Å². The summed E-state index contributed by atoms with van der Waals surface area (Å²) in [6.45, 7) is 5.62. The van der Waals surface area contributed by atoms with Crippen LogP contribution in [0.2, 0.25) is 0 Å². The zero-order valence-electron chi connectivity index (χ0n) is 15.3. The first kappa shape index (κ1) is 18.3. The van der Waals surface area contributed by atoms with Gasteiger partial charge in [-0.2, -0.15) is 0 Å². The first-order valence-electron chi connectivity index (χ1n) is 8.09. The third-order valence-corrected chi connectivity index (χ3v) is 5.58. The second kappa shape index (κ2) is 6.99. The van der Waals surface area contributed by atoms with Gasteiger partial charge in [-0.05, 0) is 38.1 Å². The molecule has 0 fully saturated rings. The molecule has 2 heterocycles. The van der Waals surface area contributed by atoms with Gasteiger partial charge in [0.05, 0.1) is 31.5 Å². The highest BCUT2D eigenvalue weighted by Crippen LogP contribution is 2.47. The van der Waals surface area contributed by atoms with Crippen molar-refractivity contribution in [2.75, 3.05) is 14.2 Å². The summed E-state index contributed by atoms with van der Waals surface area (Å²) in [6, 6.07) is 7.54. The topological polar surface area (TPSA) is 68.2 Å². The lowest BCUT2D eigenvalue weighted by Gasteiger charge is -2.35. The Kier molecular flexibility index (Phi) is 4.91. The van der Waals surface area contributed by atoms with E-state index in [9.17, 15) is 9.59 Å². The number of nitrogens with zero attached hydrogens (tertiary/aromatic N) is 2. The van der Waals surface area contributed by atoms with E-state index in [0.29, 0.717) is 27.0 Å². The van der Waals surface area contributed by atoms with Crippen LogP contribution in [0.3, 0.4) is 0 Å². The van der Waals surface area contributed by atoms with Gasteiger partial charge in [0.2, 0.25) is 0 Å². The number of fused-ring (bicyclic) bond motifs is 1. The zero-order chi connectivity index (χ0) is 19.0. The highest BCUT2D eigenvalue weighted by molar-refractivity contribution is 8.18. The van der Waals surface area contributed by atoms with Crippen molar-refractivity contribution in [3.05, 3.63) is 57.3 Å². The van der Waals surface area contributed by atoms with Crippen LogP contribution in [0.25, 0.3) is 0 Å². The molecule has 0 N–H and O–H groups in total. The third-order valence-electron chi connectivity index (χ3n) is 4.44. The van der Waals surface area contributed by atoms with E-state index in [1.54, 1.807) is 6.92 Å². The molecule has 3 rings (SSSR count). The number of methoxy groups -OCH3 is 2. The molecule has 0 saturated carbocycles. The van der Waals surface area contributed by atoms with Crippen molar-refractivity contribution in [3.8, 4) is 0 Å². The molecule has 136 valence electrons. The van der Waals surface area contributed by atoms with E-state index in [-0.39, 0.29) is 0 Å². The Morgan fingerprint density at radius 2 is 1.65 bits per heavy atom. The molecule has 0 radical (unpaired) electrons. The van der Waals surface area contributed by atoms with Crippen LogP contribution in [-0.2, 0) is 19.1 Å². The van der Waals surface area contributed by atoms with Crippen molar-refractivity contribution in [1.82, 2.24) is 4.90 Å². The molecule has 1 atom stereocenters. The number of aryl methyl sites for hydroxylation is 1. The van der Waals surface area contributed by atoms with Gasteiger partial charge in [-0.15, -0.1) is 0 Å². The number of ether oxygens (including phenoxy) is 2. The Morgan fingerprint density at radius 1 is 1.04 bits per heavy atom. The van der Waals surface area contributed by atoms with Crippen LogP contribution in [0.15, 0.2) is 51.1 Å². The fourth-order valence-electron chi connectivity index (χ4n) is 3.09. The molecule has 0 spiro atoms. The number of thioether (sulfide) groups is 1. The van der Waals surface area contributed by atoms with Crippen molar-refractivity contribution in [3.63, 3.8) is 0 Å². The van der Waals surface area contributed by atoms with Gasteiger partial charge < -0.3 is 14.4 Å². The molecule has 0 aliphatic carbocycles. The number of amidine groups is 1. The molecule has 1 aromatic carbocycles. The number of esters is 2. The van der Waals surface area contributed by atoms with E-state index in [1.807, 2.05) is 43.0 Å². The third kappa shape index (κ3) is 2.92. The minimum absolute atomic E-state index is 0.412. The van der Waals surface area contributed by atoms with Crippen LogP contribution in [0, 0.1) is 6.92 Å². The molecule has 0 aromatic heterocycles. The monoisotopic (exact) mass is 372 g/mol. The maximum atomic E-state index is 12.5. The molecule has 6 nitrogen and oxygen atoms in total. The molecule has 2 aliphatic rings. The van der Waals surface area contributed by atoms with E-state index in [1.165, 1.54) is 26.0 Å². The first-order valence-corrected chi connectivity index (χ1v) is 8.91. The van der Waals surface area contributed by atoms with E-state index >= 15 is 0 Å². The quantitative estimate of drug-likeness (QED) is 0.759. The van der Waals surface area contributed by atoms with Crippen LogP contribution in [0.1, 0.15) is 31.0 Å². The SMILES string of the molecule is COC(=O)C1=C(C)N2C(=NC(C)=C(C(=O)OC)[C@H]2c2ccc(C)cc2)S1. The second-order valence-corrected chi connectivity index (χ2v) is 7.05. The average Bonchev–Trinajstić information content (AvgIpc) is 2.96. The maximum Gasteiger partial charge on any atom is 0.346 e. The van der Waals surface area contributed by atoms with Crippen molar-refractivity contribution in [2.45, 2.75) is 26.8 Å². The summed E-state index contributed by atoms with van der Waals surface area (Å²) in [4.78, 5) is 31.5. The van der Waals surface area contributed by atoms with Gasteiger partial charge in [0.15, 0.2) is 5.17 Å². The molecule has 0 saturated heterocycles. The lowest BCUT2D eigenvalue weighted by molar-refractivity contribution is -0.137. The van der Waals surface area contributed by atoms with Gasteiger partial charge in [-0.3, -0.25) is 0 Å². The minimum atomic E-state index is -0.430. The van der Waals surface area contributed by atoms with Crippen molar-refractivity contribution < 1.29 is 19.1 Å². The molecule has 7 heteroatoms. The summed E-state index contributed by atoms with van der Waals surface area (Å²) >= 11 is 1.26. The minimum Gasteiger partial charge on any atom is -0.466 e. The largest absolute Gasteiger partial charge is 0.466 e. The fraction of sp³-hybridized carbons (Fsp3) is 0.316. The van der Waals surface area contributed by atoms with E-state index in [0.717, 1.165) is 11.1 Å². The maximum absolute atomic E-state index is 12.5. The molecular formula is C19H20N2O4S. The predicted octanol–water partition coefficient (Wildman–Crippen LogP) is 3.31. The molecule has 26 heavy (non-hydrogen) atoms. The number of allylic oxidation sites excluding steroid dienone is 2. The summed E-state index contributed by atoms with van der Waals surface area (Å²) in [7, 11) is 2.71. The van der Waals surface area contributed by atoms with E-state index in [4.69, 9.17) is 9.47 Å². The standard InChI is InChI=1S/C19H20N2O4S/c1-10-6-8-13(9-7-10)15-14(17(22)24-4)11(2)20-19-21(15)12(3)16(26-19)18(23)25-5/h6-9,15H,1-5H3/t15-/m1/s1. The molecule has 2 aliphatic heterocycles. The zero-order valence-corrected chi connectivity index (χ0v) is 16.1. The smallest absolute Gasteiger partial charge is 0.346 e. The number of rotatable bonds is 3. The molecule has 1 aromatic rings. The van der Waals surface area contributed by atoms with Gasteiger partial charge in [0.1, 0.15) is 4.91 Å². The molecule has 0 unspecified atom stereocenters. The Bertz CT molecular complexity index is 868. The highest BCUT2D eigenvalue weighted by atomic mass is 32.2. The second-order valence-electron chi connectivity index (χ2n) is 6.08. The summed E-state index contributed by atoms with van der Waals surface area (Å²) in [5.41, 5.74) is 3.80. The summed E-state index contributed by atoms with van der Waals surface area (Å²) in [5.74, 6) is -0.843. The summed E-state index contributed by atoms with van der Waals surface area (Å²) < 4.78 is 9.89. The van der Waals surface area contributed by atoms with Gasteiger partial charge in [0, 0.05) is 5.70 Å². The Balaban J connectivity index is 2.18. The first-order chi connectivity index (χ1) is 12.4. The number of benzene rings is 1. The van der Waals surface area contributed by atoms with Crippen LogP contribution in [0.4, 0.5) is 0 Å². The lowest BCUT2D eigenvalue weighted by atomic mass is 9.93. The Hall–Kier alpha value is -2.54.